The van der Waals surface area contributed by atoms with Crippen molar-refractivity contribution in [2.24, 2.45) is 5.92 Å². The molecule has 0 aliphatic heterocycles. The van der Waals surface area contributed by atoms with Crippen molar-refractivity contribution in [2.45, 2.75) is 13.8 Å². The van der Waals surface area contributed by atoms with Gasteiger partial charge in [0.15, 0.2) is 0 Å². The monoisotopic (exact) mass is 206 g/mol. The molecule has 0 rings (SSSR count). The van der Waals surface area contributed by atoms with Crippen LogP contribution in [0.25, 0.3) is 5.53 Å². The summed E-state index contributed by atoms with van der Waals surface area (Å²) in [7, 11) is -3.97. The molecule has 0 amide bonds. The molecule has 0 aliphatic rings. The van der Waals surface area contributed by atoms with Crippen LogP contribution in [0.4, 0.5) is 0 Å². The molecule has 74 valence electrons. The molecule has 1 N–H and O–H groups in total. The molecule has 0 aromatic heterocycles. The van der Waals surface area contributed by atoms with E-state index in [0.717, 1.165) is 0 Å². The Morgan fingerprint density at radius 1 is 1.54 bits per heavy atom. The zero-order valence-electron chi connectivity index (χ0n) is 7.26. The number of rotatable bonds is 2. The van der Waals surface area contributed by atoms with Crippen LogP contribution in [0.1, 0.15) is 13.8 Å². The van der Waals surface area contributed by atoms with E-state index in [-0.39, 0.29) is 11.7 Å². The lowest BCUT2D eigenvalue weighted by Gasteiger charge is -1.99. The van der Waals surface area contributed by atoms with Gasteiger partial charge in [-0.15, -0.1) is 4.79 Å². The fourth-order valence-electron chi connectivity index (χ4n) is 0.756. The van der Waals surface area contributed by atoms with Gasteiger partial charge in [-0.25, -0.2) is 13.2 Å². The summed E-state index contributed by atoms with van der Waals surface area (Å²) in [5.41, 5.74) is 8.17. The second kappa shape index (κ2) is 4.15. The van der Waals surface area contributed by atoms with Gasteiger partial charge >= 0.3 is 11.0 Å². The SMILES string of the molecule is CC(C)CS(=O)(=O)C(=[N+]=[N-])C(=O)O. The van der Waals surface area contributed by atoms with E-state index < -0.39 is 20.9 Å². The minimum absolute atomic E-state index is 0.221. The van der Waals surface area contributed by atoms with Gasteiger partial charge in [0.05, 0.1) is 5.75 Å². The molecule has 13 heavy (non-hydrogen) atoms. The molecule has 0 bridgehead atoms. The molecule has 6 nitrogen and oxygen atoms in total. The predicted molar refractivity (Wildman–Crippen MR) is 44.9 cm³/mol. The predicted octanol–water partition coefficient (Wildman–Crippen LogP) is -0.230. The molecule has 0 aromatic rings. The summed E-state index contributed by atoms with van der Waals surface area (Å²) < 4.78 is 22.3. The van der Waals surface area contributed by atoms with Gasteiger partial charge in [-0.1, -0.05) is 13.8 Å². The fraction of sp³-hybridized carbons (Fsp3) is 0.667. The van der Waals surface area contributed by atoms with Crippen molar-refractivity contribution >= 4 is 20.9 Å². The molecule has 0 fully saturated rings. The highest BCUT2D eigenvalue weighted by Crippen LogP contribution is 2.01. The summed E-state index contributed by atoms with van der Waals surface area (Å²) in [6.07, 6.45) is 0. The Balaban J connectivity index is 5.05. The molecule has 0 unspecified atom stereocenters. The summed E-state index contributed by atoms with van der Waals surface area (Å²) in [4.78, 5) is 12.5. The highest BCUT2D eigenvalue weighted by Gasteiger charge is 2.36. The standard InChI is InChI=1S/C6H10N2O4S/c1-4(2)3-13(11,12)5(8-7)6(9)10/h4H,3H2,1-2H3,(H,9,10). The average molecular weight is 206 g/mol. The first-order chi connectivity index (χ1) is 5.81. The number of carboxylic acids is 1. The van der Waals surface area contributed by atoms with Crippen molar-refractivity contribution in [1.82, 2.24) is 0 Å². The van der Waals surface area contributed by atoms with E-state index in [4.69, 9.17) is 10.6 Å². The maximum absolute atomic E-state index is 11.1. The van der Waals surface area contributed by atoms with Gasteiger partial charge in [0.2, 0.25) is 0 Å². The van der Waals surface area contributed by atoms with Crippen molar-refractivity contribution in [3.8, 4) is 0 Å². The zero-order chi connectivity index (χ0) is 10.6. The Hall–Kier alpha value is -1.20. The van der Waals surface area contributed by atoms with Crippen molar-refractivity contribution in [3.63, 3.8) is 0 Å². The molecule has 0 heterocycles. The van der Waals surface area contributed by atoms with E-state index in [2.05, 4.69) is 4.79 Å². The van der Waals surface area contributed by atoms with E-state index in [1.54, 1.807) is 13.8 Å². The highest BCUT2D eigenvalue weighted by molar-refractivity contribution is 8.07. The average Bonchev–Trinajstić information content (AvgIpc) is 1.82. The fourth-order valence-corrected chi connectivity index (χ4v) is 2.18. The van der Waals surface area contributed by atoms with Crippen LogP contribution in [-0.2, 0) is 14.6 Å². The van der Waals surface area contributed by atoms with Crippen LogP contribution in [0.3, 0.4) is 0 Å². The second-order valence-electron chi connectivity index (χ2n) is 2.89. The van der Waals surface area contributed by atoms with Gasteiger partial charge in [-0.05, 0) is 5.92 Å². The number of carboxylic acid groups (broad SMARTS) is 1. The molecular weight excluding hydrogens is 196 g/mol. The quantitative estimate of drug-likeness (QED) is 0.291. The van der Waals surface area contributed by atoms with Crippen molar-refractivity contribution in [3.05, 3.63) is 5.53 Å². The number of aliphatic carboxylic acids is 1. The molecule has 0 saturated carbocycles. The molecule has 7 heteroatoms. The molecule has 0 saturated heterocycles. The molecule has 0 aromatic carbocycles. The number of hydrogen-bond acceptors (Lipinski definition) is 3. The third-order valence-electron chi connectivity index (χ3n) is 1.12. The van der Waals surface area contributed by atoms with Crippen LogP contribution in [-0.4, -0.2) is 35.1 Å². The lowest BCUT2D eigenvalue weighted by atomic mass is 10.3. The van der Waals surface area contributed by atoms with Crippen molar-refractivity contribution in [1.29, 1.82) is 0 Å². The minimum Gasteiger partial charge on any atom is -0.472 e. The van der Waals surface area contributed by atoms with Gasteiger partial charge in [-0.3, -0.25) is 0 Å². The molecule has 0 spiro atoms. The summed E-state index contributed by atoms with van der Waals surface area (Å²) in [5, 5.41) is 7.14. The third kappa shape index (κ3) is 3.35. The van der Waals surface area contributed by atoms with E-state index in [9.17, 15) is 13.2 Å². The molecule has 0 atom stereocenters. The van der Waals surface area contributed by atoms with Gasteiger partial charge in [0, 0.05) is 0 Å². The van der Waals surface area contributed by atoms with Gasteiger partial charge < -0.3 is 10.6 Å². The van der Waals surface area contributed by atoms with Gasteiger partial charge in [-0.2, -0.15) is 0 Å². The normalized spacial score (nSPS) is 11.0. The van der Waals surface area contributed by atoms with E-state index in [1.165, 1.54) is 0 Å². The van der Waals surface area contributed by atoms with Crippen LogP contribution in [0, 0.1) is 5.92 Å². The van der Waals surface area contributed by atoms with Crippen LogP contribution in [0.5, 0.6) is 0 Å². The Morgan fingerprint density at radius 3 is 2.23 bits per heavy atom. The number of carbonyl (C=O) groups is 1. The van der Waals surface area contributed by atoms with Crippen LogP contribution >= 0.6 is 0 Å². The number of nitrogens with zero attached hydrogens (tertiary/aromatic N) is 2. The first kappa shape index (κ1) is 11.8. The number of hydrogen-bond donors (Lipinski definition) is 1. The third-order valence-corrected chi connectivity index (χ3v) is 3.07. The van der Waals surface area contributed by atoms with E-state index in [1.807, 2.05) is 0 Å². The maximum Gasteiger partial charge on any atom is 0.488 e. The van der Waals surface area contributed by atoms with E-state index in [0.29, 0.717) is 0 Å². The van der Waals surface area contributed by atoms with Crippen LogP contribution < -0.4 is 0 Å². The van der Waals surface area contributed by atoms with Crippen molar-refractivity contribution < 1.29 is 23.1 Å². The lowest BCUT2D eigenvalue weighted by Crippen LogP contribution is -2.29. The first-order valence-electron chi connectivity index (χ1n) is 3.49. The van der Waals surface area contributed by atoms with Gasteiger partial charge in [0.1, 0.15) is 0 Å². The summed E-state index contributed by atoms with van der Waals surface area (Å²) in [6.45, 7) is 3.24. The van der Waals surface area contributed by atoms with Gasteiger partial charge in [0.25, 0.3) is 9.84 Å². The molecular formula is C6H10N2O4S. The topological polar surface area (TPSA) is 108 Å². The summed E-state index contributed by atoms with van der Waals surface area (Å²) >= 11 is 0. The Morgan fingerprint density at radius 2 is 2.00 bits per heavy atom. The second-order valence-corrected chi connectivity index (χ2v) is 4.84. The largest absolute Gasteiger partial charge is 0.488 e. The first-order valence-corrected chi connectivity index (χ1v) is 5.14. The van der Waals surface area contributed by atoms with Crippen LogP contribution in [0.2, 0.25) is 0 Å². The van der Waals surface area contributed by atoms with Crippen molar-refractivity contribution in [2.75, 3.05) is 5.75 Å². The van der Waals surface area contributed by atoms with E-state index >= 15 is 0 Å². The minimum atomic E-state index is -3.97. The smallest absolute Gasteiger partial charge is 0.472 e. The Kier molecular flexibility index (Phi) is 3.77. The molecule has 0 aliphatic carbocycles. The maximum atomic E-state index is 11.1. The summed E-state index contributed by atoms with van der Waals surface area (Å²) in [5.74, 6) is -2.32. The number of sulfone groups is 1. The lowest BCUT2D eigenvalue weighted by molar-refractivity contribution is -0.133. The Bertz CT molecular complexity index is 351. The highest BCUT2D eigenvalue weighted by atomic mass is 32.2. The zero-order valence-corrected chi connectivity index (χ0v) is 8.08. The summed E-state index contributed by atoms with van der Waals surface area (Å²) in [6, 6.07) is 0. The van der Waals surface area contributed by atoms with Crippen LogP contribution in [0.15, 0.2) is 0 Å². The molecule has 0 radical (unpaired) electrons. The Labute approximate surface area is 75.7 Å².